The number of aromatic nitrogens is 8. The minimum atomic E-state index is -0.397. The number of para-hydroxylation sites is 4. The number of thiazole rings is 4. The van der Waals surface area contributed by atoms with Crippen LogP contribution in [0.25, 0.3) is 109 Å². The highest BCUT2D eigenvalue weighted by Gasteiger charge is 2.20. The summed E-state index contributed by atoms with van der Waals surface area (Å²) in [5, 5.41) is 5.58. The van der Waals surface area contributed by atoms with E-state index < -0.39 is 11.3 Å². The summed E-state index contributed by atoms with van der Waals surface area (Å²) < 4.78 is 43.5. The average Bonchev–Trinajstić information content (AvgIpc) is 1.71. The second kappa shape index (κ2) is 30.3. The maximum atomic E-state index is 13.0. The van der Waals surface area contributed by atoms with Crippen molar-refractivity contribution in [2.24, 2.45) is 0 Å². The minimum absolute atomic E-state index is 0.237. The highest BCUT2D eigenvalue weighted by Crippen LogP contribution is 2.33. The largest absolute Gasteiger partial charge is 0.422 e. The molecule has 8 aromatic carbocycles. The standard InChI is InChI=1S/C21H13BrN2O2S.C21H12Cl2N2O2S.C21H13ClN2O2S.C21H13FN2O2S/c22-15-7-5-13(6-8-15)9-16-11-24-12-18(23-21(24)27-16)17-10-14-3-1-2-4-19(14)26-20(17)25;22-14-5-6-17(23)13(7-14)8-15-10-25-11-18(24-21(25)28-15)16-9-12-3-1-2-4-19(12)27-20(16)26;2*22-15-7-5-13(6-8-15)9-16-11-24-12-18(23-21(24)27-16)17-10-14-3-1-2-4-19(14)26-20(17)25/h1-8,10-12H,9H2;1-7,9-11H,8H2;2*1-8,10-12H,9H2. The molecule has 0 aliphatic heterocycles. The number of hydrogen-bond acceptors (Lipinski definition) is 16. The topological polar surface area (TPSA) is 190 Å². The summed E-state index contributed by atoms with van der Waals surface area (Å²) in [6.07, 6.45) is 18.6. The van der Waals surface area contributed by atoms with Crippen molar-refractivity contribution in [1.29, 1.82) is 0 Å². The fourth-order valence-electron chi connectivity index (χ4n) is 12.5. The van der Waals surface area contributed by atoms with Crippen LogP contribution in [0.5, 0.6) is 0 Å². The van der Waals surface area contributed by atoms with Crippen LogP contribution in [0.4, 0.5) is 4.39 Å². The van der Waals surface area contributed by atoms with Gasteiger partial charge in [0.15, 0.2) is 19.8 Å². The maximum Gasteiger partial charge on any atom is 0.345 e. The fraction of sp³-hybridized carbons (Fsp3) is 0.0476. The molecule has 20 aromatic rings. The second-order valence-electron chi connectivity index (χ2n) is 25.3. The second-order valence-corrected chi connectivity index (χ2v) is 31.9. The predicted octanol–water partition coefficient (Wildman–Crippen LogP) is 21.9. The first kappa shape index (κ1) is 70.5. The van der Waals surface area contributed by atoms with E-state index in [0.29, 0.717) is 90.2 Å². The molecule has 0 spiro atoms. The van der Waals surface area contributed by atoms with Crippen molar-refractivity contribution >= 4 is 160 Å². The van der Waals surface area contributed by atoms with Crippen molar-refractivity contribution in [3.63, 3.8) is 0 Å². The van der Waals surface area contributed by atoms with Crippen LogP contribution >= 0.6 is 96.1 Å². The van der Waals surface area contributed by atoms with Crippen molar-refractivity contribution in [3.05, 3.63) is 371 Å². The van der Waals surface area contributed by atoms with Crippen molar-refractivity contribution in [1.82, 2.24) is 37.5 Å². The third kappa shape index (κ3) is 15.6. The van der Waals surface area contributed by atoms with Crippen molar-refractivity contribution in [3.8, 4) is 45.0 Å². The Morgan fingerprint density at radius 1 is 0.339 bits per heavy atom. The first-order valence-corrected chi connectivity index (χ1v) is 38.9. The predicted molar refractivity (Wildman–Crippen MR) is 438 cm³/mol. The van der Waals surface area contributed by atoms with Gasteiger partial charge in [0.1, 0.15) is 28.1 Å². The molecule has 25 heteroatoms. The average molecular weight is 1630 g/mol. The molecule has 0 N–H and O–H groups in total. The smallest absolute Gasteiger partial charge is 0.345 e. The zero-order valence-corrected chi connectivity index (χ0v) is 63.6. The first-order chi connectivity index (χ1) is 53.0. The van der Waals surface area contributed by atoms with Crippen LogP contribution in [0.2, 0.25) is 15.1 Å². The van der Waals surface area contributed by atoms with E-state index in [2.05, 4.69) is 54.2 Å². The molecule has 12 heterocycles. The van der Waals surface area contributed by atoms with Crippen LogP contribution in [0, 0.1) is 5.82 Å². The molecular formula is C84H51BrCl3FN8O8S4. The molecule has 0 radical (unpaired) electrons. The highest BCUT2D eigenvalue weighted by molar-refractivity contribution is 9.10. The number of fused-ring (bicyclic) bond motifs is 8. The molecule has 534 valence electrons. The lowest BCUT2D eigenvalue weighted by Crippen LogP contribution is -2.02. The Morgan fingerprint density at radius 3 is 0.963 bits per heavy atom. The molecule has 16 nitrogen and oxygen atoms in total. The Balaban J connectivity index is 0.000000106. The summed E-state index contributed by atoms with van der Waals surface area (Å²) in [6.45, 7) is 0. The quantitative estimate of drug-likeness (QED) is 0.105. The minimum Gasteiger partial charge on any atom is -0.422 e. The molecule has 12 aromatic heterocycles. The Bertz CT molecular complexity index is 6470. The molecule has 109 heavy (non-hydrogen) atoms. The van der Waals surface area contributed by atoms with Gasteiger partial charge in [-0.15, -0.1) is 45.3 Å². The summed E-state index contributed by atoms with van der Waals surface area (Å²) in [4.78, 5) is 75.8. The Kier molecular flexibility index (Phi) is 19.6. The van der Waals surface area contributed by atoms with Gasteiger partial charge in [0, 0.05) is 136 Å². The monoisotopic (exact) mass is 1630 g/mol. The lowest BCUT2D eigenvalue weighted by molar-refractivity contribution is 0.563. The zero-order valence-electron chi connectivity index (χ0n) is 56.5. The summed E-state index contributed by atoms with van der Waals surface area (Å²) in [5.41, 5.74) is 9.52. The number of rotatable bonds is 12. The van der Waals surface area contributed by atoms with E-state index in [-0.39, 0.29) is 17.1 Å². The van der Waals surface area contributed by atoms with E-state index in [0.717, 1.165) is 84.6 Å². The van der Waals surface area contributed by atoms with Crippen molar-refractivity contribution in [2.45, 2.75) is 25.7 Å². The Morgan fingerprint density at radius 2 is 0.633 bits per heavy atom. The van der Waals surface area contributed by atoms with Crippen LogP contribution in [-0.2, 0) is 25.7 Å². The molecule has 0 unspecified atom stereocenters. The van der Waals surface area contributed by atoms with Crippen LogP contribution in [0.3, 0.4) is 0 Å². The van der Waals surface area contributed by atoms with Gasteiger partial charge < -0.3 is 17.7 Å². The molecule has 20 rings (SSSR count). The van der Waals surface area contributed by atoms with Gasteiger partial charge in [0.2, 0.25) is 0 Å². The molecule has 0 atom stereocenters. The molecule has 0 saturated heterocycles. The van der Waals surface area contributed by atoms with Gasteiger partial charge in [-0.25, -0.2) is 43.5 Å². The lowest BCUT2D eigenvalue weighted by Gasteiger charge is -2.02. The molecular weight excluding hydrogens is 1580 g/mol. The van der Waals surface area contributed by atoms with E-state index >= 15 is 0 Å². The van der Waals surface area contributed by atoms with Gasteiger partial charge in [-0.1, -0.05) is 160 Å². The van der Waals surface area contributed by atoms with Crippen LogP contribution in [-0.4, -0.2) is 37.5 Å². The van der Waals surface area contributed by atoms with Crippen molar-refractivity contribution < 1.29 is 22.1 Å². The van der Waals surface area contributed by atoms with E-state index in [9.17, 15) is 23.6 Å². The third-order valence-electron chi connectivity index (χ3n) is 17.7. The van der Waals surface area contributed by atoms with Gasteiger partial charge in [-0.05, 0) is 125 Å². The number of halogens is 5. The normalized spacial score (nSPS) is 11.5. The summed E-state index contributed by atoms with van der Waals surface area (Å²) in [7, 11) is 0. The number of nitrogens with zero attached hydrogens (tertiary/aromatic N) is 8. The Labute approximate surface area is 655 Å². The van der Waals surface area contributed by atoms with Gasteiger partial charge in [-0.2, -0.15) is 0 Å². The number of benzene rings is 8. The number of hydrogen-bond donors (Lipinski definition) is 0. The van der Waals surface area contributed by atoms with E-state index in [4.69, 9.17) is 52.5 Å². The van der Waals surface area contributed by atoms with Crippen LogP contribution < -0.4 is 22.5 Å². The van der Waals surface area contributed by atoms with Gasteiger partial charge in [-0.3, -0.25) is 17.6 Å². The fourth-order valence-corrected chi connectivity index (χ4v) is 17.2. The SMILES string of the molecule is O=c1oc2ccccc2cc1-c1cn2cc(Cc3cc(Cl)ccc3Cl)sc2n1.O=c1oc2ccccc2cc1-c1cn2cc(Cc3ccc(Br)cc3)sc2n1.O=c1oc2ccccc2cc1-c1cn2cc(Cc3ccc(Cl)cc3)sc2n1.O=c1oc2ccccc2cc1-c1cn2cc(Cc3ccc(F)cc3)sc2n1. The van der Waals surface area contributed by atoms with E-state index in [1.165, 1.54) is 33.0 Å². The van der Waals surface area contributed by atoms with Gasteiger partial charge in [0.25, 0.3) is 0 Å². The molecule has 0 aliphatic rings. The van der Waals surface area contributed by atoms with Crippen LogP contribution in [0.1, 0.15) is 41.8 Å². The Hall–Kier alpha value is -11.4. The molecule has 0 fully saturated rings. The molecule has 0 bridgehead atoms. The van der Waals surface area contributed by atoms with Gasteiger partial charge in [0.05, 0.1) is 45.0 Å². The summed E-state index contributed by atoms with van der Waals surface area (Å²) >= 11 is 28.1. The summed E-state index contributed by atoms with van der Waals surface area (Å²) in [5.74, 6) is -0.237. The molecule has 0 aliphatic carbocycles. The first-order valence-electron chi connectivity index (χ1n) is 33.7. The molecule has 0 saturated carbocycles. The maximum absolute atomic E-state index is 13.0. The van der Waals surface area contributed by atoms with Gasteiger partial charge >= 0.3 is 22.5 Å². The van der Waals surface area contributed by atoms with Crippen LogP contribution in [0.15, 0.2) is 303 Å². The highest BCUT2D eigenvalue weighted by atomic mass is 79.9. The van der Waals surface area contributed by atoms with E-state index in [1.807, 2.05) is 201 Å². The number of imidazole rings is 4. The molecule has 0 amide bonds. The van der Waals surface area contributed by atoms with Crippen molar-refractivity contribution in [2.75, 3.05) is 0 Å². The lowest BCUT2D eigenvalue weighted by atomic mass is 10.1. The summed E-state index contributed by atoms with van der Waals surface area (Å²) in [6, 6.07) is 65.2. The third-order valence-corrected chi connectivity index (χ3v) is 23.1. The zero-order chi connectivity index (χ0) is 74.4. The van der Waals surface area contributed by atoms with E-state index in [1.54, 1.807) is 93.9 Å².